The van der Waals surface area contributed by atoms with Crippen LogP contribution in [0.3, 0.4) is 0 Å². The van der Waals surface area contributed by atoms with Crippen LogP contribution in [-0.2, 0) is 7.05 Å². The van der Waals surface area contributed by atoms with E-state index in [0.29, 0.717) is 22.2 Å². The number of piperazine rings is 1. The molecule has 1 aliphatic rings. The smallest absolute Gasteiger partial charge is 0.255 e. The highest BCUT2D eigenvalue weighted by Gasteiger charge is 2.24. The fourth-order valence-electron chi connectivity index (χ4n) is 2.46. The molecule has 3 rings (SSSR count). The first-order valence-electron chi connectivity index (χ1n) is 7.38. The lowest BCUT2D eigenvalue weighted by molar-refractivity contribution is 0.0655. The van der Waals surface area contributed by atoms with E-state index in [-0.39, 0.29) is 36.8 Å². The van der Waals surface area contributed by atoms with Gasteiger partial charge in [0.25, 0.3) is 5.91 Å². The largest absolute Gasteiger partial charge is 0.333 e. The Kier molecular flexibility index (Phi) is 8.50. The zero-order chi connectivity index (χ0) is 16.4. The first kappa shape index (κ1) is 22.1. The summed E-state index contributed by atoms with van der Waals surface area (Å²) in [5.41, 5.74) is 0.521. The number of aryl methyl sites for hydroxylation is 1. The number of hydrogen-bond acceptors (Lipinski definition) is 5. The molecule has 138 valence electrons. The normalized spacial score (nSPS) is 16.8. The highest BCUT2D eigenvalue weighted by atomic mass is 35.5. The zero-order valence-corrected chi connectivity index (χ0v) is 17.0. The maximum atomic E-state index is 12.6. The Hall–Kier alpha value is -0.990. The van der Waals surface area contributed by atoms with Gasteiger partial charge in [-0.25, -0.2) is 9.97 Å². The highest BCUT2D eigenvalue weighted by molar-refractivity contribution is 7.99. The molecule has 1 amide bonds. The molecular weight excluding hydrogens is 405 g/mol. The molecule has 25 heavy (non-hydrogen) atoms. The topological polar surface area (TPSA) is 63.1 Å². The second-order valence-corrected chi connectivity index (χ2v) is 6.85. The third-order valence-corrected chi connectivity index (χ3v) is 5.28. The molecule has 2 aromatic heterocycles. The number of amides is 1. The van der Waals surface area contributed by atoms with Crippen molar-refractivity contribution < 1.29 is 4.79 Å². The van der Waals surface area contributed by atoms with Crippen LogP contribution in [0.2, 0.25) is 5.02 Å². The van der Waals surface area contributed by atoms with Gasteiger partial charge in [0.05, 0.1) is 10.6 Å². The Morgan fingerprint density at radius 2 is 2.16 bits per heavy atom. The summed E-state index contributed by atoms with van der Waals surface area (Å²) < 4.78 is 1.89. The van der Waals surface area contributed by atoms with Crippen molar-refractivity contribution in [3.63, 3.8) is 0 Å². The summed E-state index contributed by atoms with van der Waals surface area (Å²) in [6, 6.07) is 1.85. The van der Waals surface area contributed by atoms with Gasteiger partial charge < -0.3 is 14.8 Å². The minimum absolute atomic E-state index is 0. The van der Waals surface area contributed by atoms with E-state index in [9.17, 15) is 4.79 Å². The number of aromatic nitrogens is 3. The molecule has 10 heteroatoms. The second kappa shape index (κ2) is 9.64. The van der Waals surface area contributed by atoms with Crippen molar-refractivity contribution in [3.05, 3.63) is 35.2 Å². The van der Waals surface area contributed by atoms with Gasteiger partial charge in [-0.1, -0.05) is 11.6 Å². The van der Waals surface area contributed by atoms with Gasteiger partial charge >= 0.3 is 0 Å². The molecule has 6 nitrogen and oxygen atoms in total. The molecule has 0 radical (unpaired) electrons. The lowest BCUT2D eigenvalue weighted by Crippen LogP contribution is -2.52. The Balaban J connectivity index is 0.00000156. The summed E-state index contributed by atoms with van der Waals surface area (Å²) in [4.78, 5) is 23.1. The van der Waals surface area contributed by atoms with Crippen molar-refractivity contribution in [1.82, 2.24) is 24.8 Å². The Bertz CT molecular complexity index is 727. The maximum absolute atomic E-state index is 12.6. The molecule has 0 unspecified atom stereocenters. The van der Waals surface area contributed by atoms with E-state index in [4.69, 9.17) is 11.6 Å². The summed E-state index contributed by atoms with van der Waals surface area (Å²) in [5, 5.41) is 5.18. The van der Waals surface area contributed by atoms with Gasteiger partial charge in [0.1, 0.15) is 5.03 Å². The lowest BCUT2D eigenvalue weighted by atomic mass is 10.1. The van der Waals surface area contributed by atoms with Gasteiger partial charge in [0.15, 0.2) is 5.16 Å². The van der Waals surface area contributed by atoms with E-state index < -0.39 is 0 Å². The average Bonchev–Trinajstić information content (AvgIpc) is 2.94. The number of carbonyl (C=O) groups excluding carboxylic acids is 1. The van der Waals surface area contributed by atoms with Gasteiger partial charge in [0.2, 0.25) is 0 Å². The molecule has 1 N–H and O–H groups in total. The standard InChI is InChI=1S/C15H18ClN5OS.2ClH/c1-10-8-17-3-6-21(10)14(22)11-7-12(16)13(19-9-11)23-15-18-4-5-20(15)2;;/h4-5,7,9-10,17H,3,6,8H2,1-2H3;2*1H/t10-;;/m1../s1. The monoisotopic (exact) mass is 423 g/mol. The van der Waals surface area contributed by atoms with Crippen LogP contribution in [-0.4, -0.2) is 51.0 Å². The van der Waals surface area contributed by atoms with Crippen molar-refractivity contribution in [2.75, 3.05) is 19.6 Å². The van der Waals surface area contributed by atoms with E-state index in [1.54, 1.807) is 18.5 Å². The van der Waals surface area contributed by atoms with Gasteiger partial charge in [-0.15, -0.1) is 24.8 Å². The van der Waals surface area contributed by atoms with Crippen LogP contribution in [0.5, 0.6) is 0 Å². The van der Waals surface area contributed by atoms with Crippen molar-refractivity contribution in [2.24, 2.45) is 7.05 Å². The molecule has 0 aromatic carbocycles. The molecule has 1 saturated heterocycles. The van der Waals surface area contributed by atoms with E-state index in [1.807, 2.05) is 29.6 Å². The Labute approximate surface area is 168 Å². The average molecular weight is 425 g/mol. The number of hydrogen-bond donors (Lipinski definition) is 1. The first-order chi connectivity index (χ1) is 11.1. The van der Waals surface area contributed by atoms with E-state index in [1.165, 1.54) is 11.8 Å². The number of halogens is 3. The molecule has 0 spiro atoms. The van der Waals surface area contributed by atoms with Crippen LogP contribution in [0, 0.1) is 0 Å². The third-order valence-electron chi connectivity index (χ3n) is 3.78. The number of imidazole rings is 1. The maximum Gasteiger partial charge on any atom is 0.255 e. The number of rotatable bonds is 3. The molecular formula is C15H20Cl3N5OS. The summed E-state index contributed by atoms with van der Waals surface area (Å²) in [6.45, 7) is 4.34. The fraction of sp³-hybridized carbons (Fsp3) is 0.400. The Morgan fingerprint density at radius 1 is 1.40 bits per heavy atom. The SMILES string of the molecule is C[C@@H]1CNCCN1C(=O)c1cnc(Sc2nccn2C)c(Cl)c1.Cl.Cl. The summed E-state index contributed by atoms with van der Waals surface area (Å²) >= 11 is 7.69. The van der Waals surface area contributed by atoms with Gasteiger partial charge in [-0.05, 0) is 24.8 Å². The second-order valence-electron chi connectivity index (χ2n) is 5.49. The van der Waals surface area contributed by atoms with Crippen LogP contribution in [0.15, 0.2) is 34.8 Å². The lowest BCUT2D eigenvalue weighted by Gasteiger charge is -2.34. The number of carbonyl (C=O) groups is 1. The number of nitrogens with one attached hydrogen (secondary N) is 1. The highest BCUT2D eigenvalue weighted by Crippen LogP contribution is 2.30. The van der Waals surface area contributed by atoms with Crippen molar-refractivity contribution >= 4 is 54.1 Å². The predicted molar refractivity (Wildman–Crippen MR) is 104 cm³/mol. The van der Waals surface area contributed by atoms with Gasteiger partial charge in [-0.3, -0.25) is 4.79 Å². The number of nitrogens with zero attached hydrogens (tertiary/aromatic N) is 4. The molecule has 2 aromatic rings. The number of pyridine rings is 1. The quantitative estimate of drug-likeness (QED) is 0.821. The minimum Gasteiger partial charge on any atom is -0.333 e. The Morgan fingerprint density at radius 3 is 2.76 bits per heavy atom. The van der Waals surface area contributed by atoms with Crippen LogP contribution in [0.4, 0.5) is 0 Å². The van der Waals surface area contributed by atoms with Crippen LogP contribution < -0.4 is 5.32 Å². The van der Waals surface area contributed by atoms with Crippen LogP contribution >= 0.6 is 48.2 Å². The first-order valence-corrected chi connectivity index (χ1v) is 8.58. The van der Waals surface area contributed by atoms with Crippen LogP contribution in [0.1, 0.15) is 17.3 Å². The van der Waals surface area contributed by atoms with Crippen molar-refractivity contribution in [2.45, 2.75) is 23.1 Å². The molecule has 1 fully saturated rings. The van der Waals surface area contributed by atoms with Gasteiger partial charge in [-0.2, -0.15) is 0 Å². The summed E-state index contributed by atoms with van der Waals surface area (Å²) in [6.07, 6.45) is 5.17. The van der Waals surface area contributed by atoms with E-state index in [2.05, 4.69) is 15.3 Å². The molecule has 0 aliphatic carbocycles. The fourth-order valence-corrected chi connectivity index (χ4v) is 3.50. The molecule has 0 bridgehead atoms. The van der Waals surface area contributed by atoms with Crippen molar-refractivity contribution in [3.8, 4) is 0 Å². The summed E-state index contributed by atoms with van der Waals surface area (Å²) in [5.74, 6) is -0.0260. The third kappa shape index (κ3) is 5.01. The van der Waals surface area contributed by atoms with Crippen LogP contribution in [0.25, 0.3) is 0 Å². The van der Waals surface area contributed by atoms with Crippen molar-refractivity contribution in [1.29, 1.82) is 0 Å². The molecule has 1 atom stereocenters. The molecule has 3 heterocycles. The van der Waals surface area contributed by atoms with E-state index >= 15 is 0 Å². The molecule has 1 aliphatic heterocycles. The minimum atomic E-state index is -0.0260. The zero-order valence-electron chi connectivity index (χ0n) is 13.8. The predicted octanol–water partition coefficient (Wildman–Crippen LogP) is 2.90. The summed E-state index contributed by atoms with van der Waals surface area (Å²) in [7, 11) is 1.91. The van der Waals surface area contributed by atoms with E-state index in [0.717, 1.165) is 18.2 Å². The molecule has 0 saturated carbocycles. The van der Waals surface area contributed by atoms with Gasteiger partial charge in [0, 0.05) is 51.3 Å².